The highest BCUT2D eigenvalue weighted by Gasteiger charge is 2.10. The third-order valence-corrected chi connectivity index (χ3v) is 2.62. The Kier molecular flexibility index (Phi) is 5.32. The zero-order chi connectivity index (χ0) is 13.5. The molecule has 0 aliphatic carbocycles. The van der Waals surface area contributed by atoms with Gasteiger partial charge >= 0.3 is 5.97 Å². The molecule has 0 bridgehead atoms. The van der Waals surface area contributed by atoms with Gasteiger partial charge in [0.2, 0.25) is 5.91 Å². The number of amides is 1. The molecule has 1 atom stereocenters. The summed E-state index contributed by atoms with van der Waals surface area (Å²) in [6.45, 7) is 2.25. The zero-order valence-corrected chi connectivity index (χ0v) is 10.6. The van der Waals surface area contributed by atoms with E-state index < -0.39 is 6.04 Å². The maximum Gasteiger partial charge on any atom is 0.337 e. The van der Waals surface area contributed by atoms with Crippen LogP contribution in [0, 0.1) is 0 Å². The van der Waals surface area contributed by atoms with Crippen molar-refractivity contribution in [3.63, 3.8) is 0 Å². The minimum Gasteiger partial charge on any atom is -0.465 e. The molecule has 1 unspecified atom stereocenters. The lowest BCUT2D eigenvalue weighted by Crippen LogP contribution is -2.39. The number of hydrogen-bond donors (Lipinski definition) is 2. The molecule has 0 heterocycles. The van der Waals surface area contributed by atoms with Crippen molar-refractivity contribution in [1.82, 2.24) is 5.32 Å². The lowest BCUT2D eigenvalue weighted by molar-refractivity contribution is -0.122. The van der Waals surface area contributed by atoms with Crippen LogP contribution >= 0.6 is 0 Å². The van der Waals surface area contributed by atoms with Crippen molar-refractivity contribution in [3.8, 4) is 0 Å². The van der Waals surface area contributed by atoms with Crippen molar-refractivity contribution < 1.29 is 14.3 Å². The molecule has 5 heteroatoms. The first kappa shape index (κ1) is 14.2. The molecule has 0 aliphatic heterocycles. The van der Waals surface area contributed by atoms with E-state index in [1.807, 2.05) is 6.92 Å². The van der Waals surface area contributed by atoms with Crippen molar-refractivity contribution in [2.45, 2.75) is 25.9 Å². The number of nitrogens with two attached hydrogens (primary N) is 1. The smallest absolute Gasteiger partial charge is 0.337 e. The topological polar surface area (TPSA) is 81.4 Å². The maximum atomic E-state index is 11.5. The second-order valence-electron chi connectivity index (χ2n) is 3.92. The number of esters is 1. The molecule has 0 aromatic heterocycles. The van der Waals surface area contributed by atoms with Crippen molar-refractivity contribution in [2.24, 2.45) is 5.73 Å². The molecule has 0 spiro atoms. The fourth-order valence-electron chi connectivity index (χ4n) is 1.38. The number of hydrogen-bond acceptors (Lipinski definition) is 4. The summed E-state index contributed by atoms with van der Waals surface area (Å²) in [7, 11) is 1.34. The molecule has 1 rings (SSSR count). The summed E-state index contributed by atoms with van der Waals surface area (Å²) in [6.07, 6.45) is 0.604. The van der Waals surface area contributed by atoms with Crippen LogP contribution in [0.1, 0.15) is 29.3 Å². The molecule has 0 saturated heterocycles. The Morgan fingerprint density at radius 2 is 1.94 bits per heavy atom. The van der Waals surface area contributed by atoms with E-state index in [1.54, 1.807) is 24.3 Å². The van der Waals surface area contributed by atoms with E-state index in [2.05, 4.69) is 10.1 Å². The molecule has 1 aromatic rings. The van der Waals surface area contributed by atoms with Crippen LogP contribution in [-0.4, -0.2) is 25.0 Å². The molecule has 98 valence electrons. The van der Waals surface area contributed by atoms with Crippen LogP contribution in [0.15, 0.2) is 24.3 Å². The quantitative estimate of drug-likeness (QED) is 0.758. The zero-order valence-electron chi connectivity index (χ0n) is 10.6. The maximum absolute atomic E-state index is 11.5. The Labute approximate surface area is 106 Å². The Balaban J connectivity index is 2.54. The molecule has 0 aliphatic rings. The lowest BCUT2D eigenvalue weighted by atomic mass is 10.1. The molecule has 1 amide bonds. The Hall–Kier alpha value is -1.88. The number of ether oxygens (including phenoxy) is 1. The molecule has 1 aromatic carbocycles. The van der Waals surface area contributed by atoms with E-state index in [9.17, 15) is 9.59 Å². The summed E-state index contributed by atoms with van der Waals surface area (Å²) in [5, 5.41) is 2.73. The number of carbonyl (C=O) groups is 2. The summed E-state index contributed by atoms with van der Waals surface area (Å²) in [6, 6.07) is 6.38. The van der Waals surface area contributed by atoms with Crippen LogP contribution in [0.25, 0.3) is 0 Å². The number of rotatable bonds is 5. The molecular formula is C13H18N2O3. The summed E-state index contributed by atoms with van der Waals surface area (Å²) >= 11 is 0. The second-order valence-corrected chi connectivity index (χ2v) is 3.92. The average molecular weight is 250 g/mol. The Bertz CT molecular complexity index is 415. The average Bonchev–Trinajstić information content (AvgIpc) is 2.43. The van der Waals surface area contributed by atoms with Crippen LogP contribution in [-0.2, 0) is 16.1 Å². The van der Waals surface area contributed by atoms with Gasteiger partial charge < -0.3 is 15.8 Å². The van der Waals surface area contributed by atoms with Gasteiger partial charge in [0.1, 0.15) is 0 Å². The SMILES string of the molecule is CCC(N)C(=O)NCc1ccc(C(=O)OC)cc1. The molecule has 3 N–H and O–H groups in total. The van der Waals surface area contributed by atoms with Gasteiger partial charge in [-0.2, -0.15) is 0 Å². The third kappa shape index (κ3) is 3.85. The summed E-state index contributed by atoms with van der Waals surface area (Å²) in [5.74, 6) is -0.548. The number of carbonyl (C=O) groups excluding carboxylic acids is 2. The predicted molar refractivity (Wildman–Crippen MR) is 67.9 cm³/mol. The van der Waals surface area contributed by atoms with E-state index in [0.717, 1.165) is 5.56 Å². The van der Waals surface area contributed by atoms with Gasteiger partial charge in [-0.05, 0) is 24.1 Å². The van der Waals surface area contributed by atoms with Gasteiger partial charge in [0, 0.05) is 6.54 Å². The van der Waals surface area contributed by atoms with E-state index in [-0.39, 0.29) is 11.9 Å². The van der Waals surface area contributed by atoms with Crippen molar-refractivity contribution in [2.75, 3.05) is 7.11 Å². The first-order valence-electron chi connectivity index (χ1n) is 5.79. The van der Waals surface area contributed by atoms with E-state index in [1.165, 1.54) is 7.11 Å². The number of benzene rings is 1. The van der Waals surface area contributed by atoms with Crippen LogP contribution in [0.2, 0.25) is 0 Å². The van der Waals surface area contributed by atoms with Gasteiger partial charge in [-0.15, -0.1) is 0 Å². The Morgan fingerprint density at radius 1 is 1.33 bits per heavy atom. The van der Waals surface area contributed by atoms with E-state index >= 15 is 0 Å². The van der Waals surface area contributed by atoms with Gasteiger partial charge in [0.05, 0.1) is 18.7 Å². The highest BCUT2D eigenvalue weighted by molar-refractivity contribution is 5.89. The summed E-state index contributed by atoms with van der Waals surface area (Å²) in [5.41, 5.74) is 6.98. The molecule has 0 saturated carbocycles. The van der Waals surface area contributed by atoms with Crippen LogP contribution in [0.3, 0.4) is 0 Å². The van der Waals surface area contributed by atoms with E-state index in [0.29, 0.717) is 18.5 Å². The molecule has 18 heavy (non-hydrogen) atoms. The fraction of sp³-hybridized carbons (Fsp3) is 0.385. The first-order chi connectivity index (χ1) is 8.58. The van der Waals surface area contributed by atoms with Gasteiger partial charge in [0.25, 0.3) is 0 Å². The van der Waals surface area contributed by atoms with Gasteiger partial charge in [-0.25, -0.2) is 4.79 Å². The van der Waals surface area contributed by atoms with Crippen molar-refractivity contribution in [1.29, 1.82) is 0 Å². The van der Waals surface area contributed by atoms with Crippen LogP contribution < -0.4 is 11.1 Å². The predicted octanol–water partition coefficient (Wildman–Crippen LogP) is 0.827. The number of methoxy groups -OCH3 is 1. The number of nitrogens with one attached hydrogen (secondary N) is 1. The molecule has 0 fully saturated rings. The van der Waals surface area contributed by atoms with Crippen LogP contribution in [0.5, 0.6) is 0 Å². The highest BCUT2D eigenvalue weighted by atomic mass is 16.5. The van der Waals surface area contributed by atoms with Gasteiger partial charge in [0.15, 0.2) is 0 Å². The summed E-state index contributed by atoms with van der Waals surface area (Å²) < 4.78 is 4.60. The van der Waals surface area contributed by atoms with Crippen LogP contribution in [0.4, 0.5) is 0 Å². The molecule has 0 radical (unpaired) electrons. The monoisotopic (exact) mass is 250 g/mol. The lowest BCUT2D eigenvalue weighted by Gasteiger charge is -2.10. The van der Waals surface area contributed by atoms with Crippen molar-refractivity contribution in [3.05, 3.63) is 35.4 Å². The third-order valence-electron chi connectivity index (χ3n) is 2.62. The van der Waals surface area contributed by atoms with Gasteiger partial charge in [-0.3, -0.25) is 4.79 Å². The Morgan fingerprint density at radius 3 is 2.44 bits per heavy atom. The minimum absolute atomic E-state index is 0.172. The first-order valence-corrected chi connectivity index (χ1v) is 5.79. The fourth-order valence-corrected chi connectivity index (χ4v) is 1.38. The molecule has 5 nitrogen and oxygen atoms in total. The largest absolute Gasteiger partial charge is 0.465 e. The van der Waals surface area contributed by atoms with Crippen molar-refractivity contribution >= 4 is 11.9 Å². The normalized spacial score (nSPS) is 11.7. The highest BCUT2D eigenvalue weighted by Crippen LogP contribution is 2.05. The van der Waals surface area contributed by atoms with E-state index in [4.69, 9.17) is 5.73 Å². The second kappa shape index (κ2) is 6.76. The minimum atomic E-state index is -0.473. The van der Waals surface area contributed by atoms with Gasteiger partial charge in [-0.1, -0.05) is 19.1 Å². The standard InChI is InChI=1S/C13H18N2O3/c1-3-11(14)12(16)15-8-9-4-6-10(7-5-9)13(17)18-2/h4-7,11H,3,8,14H2,1-2H3,(H,15,16). The summed E-state index contributed by atoms with van der Waals surface area (Å²) in [4.78, 5) is 22.7. The molecular weight excluding hydrogens is 232 g/mol.